The molecule has 0 atom stereocenters. The van der Waals surface area contributed by atoms with Gasteiger partial charge in [0.15, 0.2) is 0 Å². The predicted octanol–water partition coefficient (Wildman–Crippen LogP) is 3.80. The molecule has 0 unspecified atom stereocenters. The lowest BCUT2D eigenvalue weighted by Crippen LogP contribution is -2.20. The number of rotatable bonds is 7. The summed E-state index contributed by atoms with van der Waals surface area (Å²) in [6.07, 6.45) is 3.51. The smallest absolute Gasteiger partial charge is 0.256 e. The zero-order valence-corrected chi connectivity index (χ0v) is 16.0. The summed E-state index contributed by atoms with van der Waals surface area (Å²) in [6, 6.07) is 18.9. The lowest BCUT2D eigenvalue weighted by Gasteiger charge is -2.09. The highest BCUT2D eigenvalue weighted by Gasteiger charge is 2.28. The molecule has 1 aromatic heterocycles. The monoisotopic (exact) mass is 386 g/mol. The summed E-state index contributed by atoms with van der Waals surface area (Å²) in [5.41, 5.74) is 3.36. The van der Waals surface area contributed by atoms with Crippen molar-refractivity contribution < 1.29 is 9.59 Å². The van der Waals surface area contributed by atoms with Crippen LogP contribution >= 0.6 is 0 Å². The third-order valence-corrected chi connectivity index (χ3v) is 4.83. The van der Waals surface area contributed by atoms with Crippen LogP contribution in [0.1, 0.15) is 40.4 Å². The molecule has 0 spiro atoms. The number of anilines is 1. The average molecular weight is 386 g/mol. The van der Waals surface area contributed by atoms with E-state index in [1.54, 1.807) is 16.8 Å². The van der Waals surface area contributed by atoms with Crippen molar-refractivity contribution in [2.45, 2.75) is 25.3 Å². The van der Waals surface area contributed by atoms with E-state index in [9.17, 15) is 9.59 Å². The van der Waals surface area contributed by atoms with Crippen LogP contribution in [-0.2, 0) is 11.3 Å². The van der Waals surface area contributed by atoms with Gasteiger partial charge in [-0.1, -0.05) is 36.9 Å². The Kier molecular flexibility index (Phi) is 5.24. The summed E-state index contributed by atoms with van der Waals surface area (Å²) in [5, 5.41) is 10.4. The number of hydrogen-bond acceptors (Lipinski definition) is 3. The lowest BCUT2D eigenvalue weighted by molar-refractivity contribution is -0.116. The van der Waals surface area contributed by atoms with E-state index in [0.29, 0.717) is 23.8 Å². The maximum atomic E-state index is 12.8. The van der Waals surface area contributed by atoms with Gasteiger partial charge in [0.05, 0.1) is 11.4 Å². The number of para-hydroxylation sites is 1. The van der Waals surface area contributed by atoms with Crippen molar-refractivity contribution in [3.05, 3.63) is 90.1 Å². The van der Waals surface area contributed by atoms with Crippen LogP contribution < -0.4 is 10.6 Å². The summed E-state index contributed by atoms with van der Waals surface area (Å²) in [5.74, 6) is 0.713. The standard InChI is InChI=1S/C23H22N4O2/c1-2-22(28)24-15-16-8-10-18(11-9-16)23(29)25-21-14-20(17-12-13-17)26-27(21)19-6-4-3-5-7-19/h2-11,14,17H,1,12-13,15H2,(H,24,28)(H,25,29). The van der Waals surface area contributed by atoms with E-state index in [2.05, 4.69) is 17.2 Å². The van der Waals surface area contributed by atoms with Gasteiger partial charge in [-0.15, -0.1) is 0 Å². The molecule has 6 nitrogen and oxygen atoms in total. The van der Waals surface area contributed by atoms with Crippen molar-refractivity contribution in [1.29, 1.82) is 0 Å². The Hall–Kier alpha value is -3.67. The summed E-state index contributed by atoms with van der Waals surface area (Å²) < 4.78 is 1.78. The van der Waals surface area contributed by atoms with Crippen LogP contribution in [0.25, 0.3) is 5.69 Å². The molecular weight excluding hydrogens is 364 g/mol. The number of carbonyl (C=O) groups excluding carboxylic acids is 2. The first-order chi connectivity index (χ1) is 14.1. The Bertz CT molecular complexity index is 1030. The Morgan fingerprint density at radius 2 is 1.83 bits per heavy atom. The molecule has 29 heavy (non-hydrogen) atoms. The third kappa shape index (κ3) is 4.43. The number of nitrogens with zero attached hydrogens (tertiary/aromatic N) is 2. The first-order valence-corrected chi connectivity index (χ1v) is 9.60. The lowest BCUT2D eigenvalue weighted by atomic mass is 10.1. The predicted molar refractivity (Wildman–Crippen MR) is 112 cm³/mol. The molecule has 1 heterocycles. The van der Waals surface area contributed by atoms with Gasteiger partial charge in [-0.2, -0.15) is 5.10 Å². The number of amides is 2. The second-order valence-electron chi connectivity index (χ2n) is 7.05. The molecule has 1 aliphatic rings. The van der Waals surface area contributed by atoms with E-state index in [1.807, 2.05) is 48.5 Å². The Morgan fingerprint density at radius 3 is 2.48 bits per heavy atom. The topological polar surface area (TPSA) is 76.0 Å². The molecule has 0 radical (unpaired) electrons. The second-order valence-corrected chi connectivity index (χ2v) is 7.05. The fourth-order valence-corrected chi connectivity index (χ4v) is 3.06. The average Bonchev–Trinajstić information content (AvgIpc) is 3.53. The molecule has 2 aromatic carbocycles. The number of carbonyl (C=O) groups is 2. The molecule has 2 N–H and O–H groups in total. The molecule has 1 saturated carbocycles. The molecule has 6 heteroatoms. The zero-order chi connectivity index (χ0) is 20.2. The third-order valence-electron chi connectivity index (χ3n) is 4.83. The minimum absolute atomic E-state index is 0.203. The maximum absolute atomic E-state index is 12.8. The molecule has 0 aliphatic heterocycles. The summed E-state index contributed by atoms with van der Waals surface area (Å²) >= 11 is 0. The normalized spacial score (nSPS) is 13.0. The fraction of sp³-hybridized carbons (Fsp3) is 0.174. The molecule has 0 bridgehead atoms. The van der Waals surface area contributed by atoms with Crippen molar-refractivity contribution in [2.75, 3.05) is 5.32 Å². The van der Waals surface area contributed by atoms with Gasteiger partial charge in [-0.05, 0) is 48.7 Å². The van der Waals surface area contributed by atoms with Crippen molar-refractivity contribution in [3.63, 3.8) is 0 Å². The Morgan fingerprint density at radius 1 is 1.10 bits per heavy atom. The van der Waals surface area contributed by atoms with Crippen molar-refractivity contribution in [2.24, 2.45) is 0 Å². The largest absolute Gasteiger partial charge is 0.348 e. The summed E-state index contributed by atoms with van der Waals surface area (Å²) in [7, 11) is 0. The molecule has 146 valence electrons. The van der Waals surface area contributed by atoms with Gasteiger partial charge in [0.25, 0.3) is 5.91 Å². The minimum atomic E-state index is -0.229. The van der Waals surface area contributed by atoms with Crippen LogP contribution in [-0.4, -0.2) is 21.6 Å². The van der Waals surface area contributed by atoms with Gasteiger partial charge in [-0.3, -0.25) is 9.59 Å². The maximum Gasteiger partial charge on any atom is 0.256 e. The molecule has 0 saturated heterocycles. The highest BCUT2D eigenvalue weighted by atomic mass is 16.2. The van der Waals surface area contributed by atoms with Crippen LogP contribution in [0.5, 0.6) is 0 Å². The van der Waals surface area contributed by atoms with Crippen LogP contribution in [0.3, 0.4) is 0 Å². The van der Waals surface area contributed by atoms with E-state index in [1.165, 1.54) is 6.08 Å². The fourth-order valence-electron chi connectivity index (χ4n) is 3.06. The number of aromatic nitrogens is 2. The van der Waals surface area contributed by atoms with Gasteiger partial charge in [-0.25, -0.2) is 4.68 Å². The van der Waals surface area contributed by atoms with Gasteiger partial charge in [0.1, 0.15) is 5.82 Å². The van der Waals surface area contributed by atoms with Gasteiger partial charge < -0.3 is 10.6 Å². The molecule has 4 rings (SSSR count). The van der Waals surface area contributed by atoms with Gasteiger partial charge in [0, 0.05) is 24.1 Å². The van der Waals surface area contributed by atoms with E-state index < -0.39 is 0 Å². The number of nitrogens with one attached hydrogen (secondary N) is 2. The van der Waals surface area contributed by atoms with E-state index in [0.717, 1.165) is 29.8 Å². The first kappa shape index (κ1) is 18.7. The van der Waals surface area contributed by atoms with Crippen LogP contribution in [0.4, 0.5) is 5.82 Å². The van der Waals surface area contributed by atoms with Crippen LogP contribution in [0, 0.1) is 0 Å². The highest BCUT2D eigenvalue weighted by molar-refractivity contribution is 6.04. The quantitative estimate of drug-likeness (QED) is 0.607. The highest BCUT2D eigenvalue weighted by Crippen LogP contribution is 2.40. The number of hydrogen-bond donors (Lipinski definition) is 2. The zero-order valence-electron chi connectivity index (χ0n) is 16.0. The summed E-state index contributed by atoms with van der Waals surface area (Å²) in [4.78, 5) is 24.0. The molecule has 3 aromatic rings. The molecular formula is C23H22N4O2. The van der Waals surface area contributed by atoms with Crippen molar-refractivity contribution in [3.8, 4) is 5.69 Å². The molecule has 2 amide bonds. The van der Waals surface area contributed by atoms with E-state index >= 15 is 0 Å². The van der Waals surface area contributed by atoms with Crippen molar-refractivity contribution in [1.82, 2.24) is 15.1 Å². The van der Waals surface area contributed by atoms with Gasteiger partial charge >= 0.3 is 0 Å². The minimum Gasteiger partial charge on any atom is -0.348 e. The molecule has 1 fully saturated rings. The Labute approximate surface area is 169 Å². The molecule has 1 aliphatic carbocycles. The first-order valence-electron chi connectivity index (χ1n) is 9.60. The SMILES string of the molecule is C=CC(=O)NCc1ccc(C(=O)Nc2cc(C3CC3)nn2-c2ccccc2)cc1. The Balaban J connectivity index is 1.51. The van der Waals surface area contributed by atoms with Crippen LogP contribution in [0.2, 0.25) is 0 Å². The van der Waals surface area contributed by atoms with E-state index in [4.69, 9.17) is 5.10 Å². The van der Waals surface area contributed by atoms with Gasteiger partial charge in [0.2, 0.25) is 5.91 Å². The van der Waals surface area contributed by atoms with E-state index in [-0.39, 0.29) is 11.8 Å². The number of benzene rings is 2. The van der Waals surface area contributed by atoms with Crippen LogP contribution in [0.15, 0.2) is 73.3 Å². The van der Waals surface area contributed by atoms with Crippen molar-refractivity contribution >= 4 is 17.6 Å². The second kappa shape index (κ2) is 8.14. The summed E-state index contributed by atoms with van der Waals surface area (Å²) in [6.45, 7) is 3.81.